The first-order valence-electron chi connectivity index (χ1n) is 7.58. The maximum atomic E-state index is 11.8. The van der Waals surface area contributed by atoms with Crippen molar-refractivity contribution >= 4 is 5.97 Å². The van der Waals surface area contributed by atoms with Crippen molar-refractivity contribution in [1.29, 1.82) is 0 Å². The lowest BCUT2D eigenvalue weighted by Crippen LogP contribution is -2.54. The number of hydrogen-bond acceptors (Lipinski definition) is 4. The van der Waals surface area contributed by atoms with E-state index in [4.69, 9.17) is 9.47 Å². The van der Waals surface area contributed by atoms with Crippen LogP contribution < -0.4 is 0 Å². The molecule has 0 bridgehead atoms. The van der Waals surface area contributed by atoms with Gasteiger partial charge < -0.3 is 9.47 Å². The monoisotopic (exact) mass is 275 g/mol. The minimum Gasteiger partial charge on any atom is -0.461 e. The highest BCUT2D eigenvalue weighted by Gasteiger charge is 2.53. The second-order valence-corrected chi connectivity index (χ2v) is 6.29. The molecule has 4 rings (SSSR count). The van der Waals surface area contributed by atoms with Crippen molar-refractivity contribution in [1.82, 2.24) is 4.90 Å². The molecule has 0 aromatic heterocycles. The largest absolute Gasteiger partial charge is 0.461 e. The molecule has 3 heterocycles. The van der Waals surface area contributed by atoms with Crippen molar-refractivity contribution in [2.24, 2.45) is 0 Å². The van der Waals surface area contributed by atoms with Gasteiger partial charge in [0.1, 0.15) is 6.61 Å². The molecule has 0 N–H and O–H groups in total. The number of nitrogens with zero attached hydrogens (tertiary/aromatic N) is 1. The molecule has 0 amide bonds. The Morgan fingerprint density at radius 1 is 1.40 bits per heavy atom. The fraction of sp³-hybridized carbons (Fsp3) is 0.688. The van der Waals surface area contributed by atoms with Gasteiger partial charge in [-0.3, -0.25) is 9.69 Å². The minimum atomic E-state index is -0.0641. The summed E-state index contributed by atoms with van der Waals surface area (Å²) < 4.78 is 10.9. The van der Waals surface area contributed by atoms with Crippen molar-refractivity contribution in [3.8, 4) is 0 Å². The first-order chi connectivity index (χ1) is 9.74. The van der Waals surface area contributed by atoms with E-state index in [0.717, 1.165) is 38.8 Å². The number of ether oxygens (including phenoxy) is 2. The summed E-state index contributed by atoms with van der Waals surface area (Å²) in [5.41, 5.74) is 4.20. The molecule has 2 atom stereocenters. The Balaban J connectivity index is 1.84. The van der Waals surface area contributed by atoms with Crippen LogP contribution in [0.5, 0.6) is 0 Å². The van der Waals surface area contributed by atoms with Crippen LogP contribution in [-0.4, -0.2) is 49.3 Å². The summed E-state index contributed by atoms with van der Waals surface area (Å²) in [4.78, 5) is 14.4. The van der Waals surface area contributed by atoms with Crippen LogP contribution in [0.2, 0.25) is 0 Å². The fourth-order valence-corrected chi connectivity index (χ4v) is 4.57. The normalized spacial score (nSPS) is 37.0. The smallest absolute Gasteiger partial charge is 0.310 e. The molecule has 4 aliphatic rings. The third-order valence-electron chi connectivity index (χ3n) is 5.54. The molecule has 1 saturated heterocycles. The number of esters is 1. The van der Waals surface area contributed by atoms with Crippen LogP contribution in [0.15, 0.2) is 22.8 Å². The van der Waals surface area contributed by atoms with Crippen molar-refractivity contribution in [2.75, 3.05) is 26.8 Å². The highest BCUT2D eigenvalue weighted by Crippen LogP contribution is 2.52. The van der Waals surface area contributed by atoms with Gasteiger partial charge in [0.25, 0.3) is 0 Å². The average Bonchev–Trinajstić information content (AvgIpc) is 2.86. The summed E-state index contributed by atoms with van der Waals surface area (Å²) in [6.45, 7) is 2.72. The van der Waals surface area contributed by atoms with E-state index in [9.17, 15) is 4.79 Å². The third kappa shape index (κ3) is 1.58. The van der Waals surface area contributed by atoms with Crippen molar-refractivity contribution in [2.45, 2.75) is 43.7 Å². The van der Waals surface area contributed by atoms with Gasteiger partial charge in [0.2, 0.25) is 0 Å². The molecule has 3 aliphatic heterocycles. The van der Waals surface area contributed by atoms with Crippen LogP contribution in [0.1, 0.15) is 32.1 Å². The lowest BCUT2D eigenvalue weighted by atomic mass is 9.69. The Hall–Kier alpha value is -1.13. The average molecular weight is 275 g/mol. The summed E-state index contributed by atoms with van der Waals surface area (Å²) in [6.07, 6.45) is 7.31. The number of rotatable bonds is 1. The number of carbonyl (C=O) groups is 1. The Morgan fingerprint density at radius 3 is 3.10 bits per heavy atom. The zero-order valence-electron chi connectivity index (χ0n) is 12.0. The van der Waals surface area contributed by atoms with Crippen LogP contribution in [0.25, 0.3) is 0 Å². The summed E-state index contributed by atoms with van der Waals surface area (Å²) in [5, 5.41) is 0. The van der Waals surface area contributed by atoms with Gasteiger partial charge in [-0.05, 0) is 42.4 Å². The highest BCUT2D eigenvalue weighted by atomic mass is 16.5. The Labute approximate surface area is 119 Å². The molecule has 1 fully saturated rings. The number of hydrogen-bond donors (Lipinski definition) is 0. The van der Waals surface area contributed by atoms with E-state index in [1.165, 1.54) is 16.7 Å². The fourth-order valence-electron chi connectivity index (χ4n) is 4.57. The topological polar surface area (TPSA) is 38.8 Å². The van der Waals surface area contributed by atoms with Gasteiger partial charge in [0, 0.05) is 20.2 Å². The quantitative estimate of drug-likeness (QED) is 0.540. The third-order valence-corrected chi connectivity index (χ3v) is 5.54. The second-order valence-electron chi connectivity index (χ2n) is 6.29. The van der Waals surface area contributed by atoms with E-state index in [1.807, 2.05) is 0 Å². The zero-order valence-corrected chi connectivity index (χ0v) is 12.0. The molecule has 0 saturated carbocycles. The van der Waals surface area contributed by atoms with Gasteiger partial charge >= 0.3 is 5.97 Å². The minimum absolute atomic E-state index is 0.0219. The first-order valence-corrected chi connectivity index (χ1v) is 7.58. The van der Waals surface area contributed by atoms with E-state index in [2.05, 4.69) is 11.0 Å². The molecule has 0 aromatic carbocycles. The van der Waals surface area contributed by atoms with Crippen LogP contribution in [0.4, 0.5) is 0 Å². The van der Waals surface area contributed by atoms with Crippen molar-refractivity contribution in [3.05, 3.63) is 22.8 Å². The zero-order chi connectivity index (χ0) is 13.7. The molecular formula is C16H21NO3. The molecule has 4 nitrogen and oxygen atoms in total. The Morgan fingerprint density at radius 2 is 2.25 bits per heavy atom. The second kappa shape index (κ2) is 4.43. The van der Waals surface area contributed by atoms with Gasteiger partial charge in [-0.2, -0.15) is 0 Å². The SMILES string of the molecule is COC1CC=C2CCN3CCC4=C(CC(=O)OC4)[C@]23C1. The Kier molecular flexibility index (Phi) is 2.79. The van der Waals surface area contributed by atoms with Crippen molar-refractivity contribution in [3.63, 3.8) is 0 Å². The molecule has 108 valence electrons. The molecule has 0 radical (unpaired) electrons. The van der Waals surface area contributed by atoms with Crippen molar-refractivity contribution < 1.29 is 14.3 Å². The molecule has 20 heavy (non-hydrogen) atoms. The number of methoxy groups -OCH3 is 1. The maximum Gasteiger partial charge on any atom is 0.310 e. The number of carbonyl (C=O) groups excluding carboxylic acids is 1. The summed E-state index contributed by atoms with van der Waals surface area (Å²) in [7, 11) is 1.80. The first kappa shape index (κ1) is 12.6. The van der Waals surface area contributed by atoms with E-state index in [0.29, 0.717) is 13.0 Å². The molecular weight excluding hydrogens is 254 g/mol. The van der Waals surface area contributed by atoms with Crippen LogP contribution in [0, 0.1) is 0 Å². The van der Waals surface area contributed by atoms with Crippen LogP contribution >= 0.6 is 0 Å². The van der Waals surface area contributed by atoms with E-state index >= 15 is 0 Å². The van der Waals surface area contributed by atoms with Gasteiger partial charge in [0.15, 0.2) is 0 Å². The highest BCUT2D eigenvalue weighted by molar-refractivity contribution is 5.76. The van der Waals surface area contributed by atoms with Gasteiger partial charge in [-0.15, -0.1) is 0 Å². The van der Waals surface area contributed by atoms with Crippen LogP contribution in [-0.2, 0) is 14.3 Å². The molecule has 1 aliphatic carbocycles. The standard InChI is InChI=1S/C16H21NO3/c1-19-13-3-2-12-5-7-17-6-4-11-10-20-15(18)8-14(11)16(12,17)9-13/h2,13H,3-10H2,1H3/t13?,16-/m0/s1. The van der Waals surface area contributed by atoms with Gasteiger partial charge in [0.05, 0.1) is 18.1 Å². The van der Waals surface area contributed by atoms with Gasteiger partial charge in [-0.25, -0.2) is 0 Å². The molecule has 0 aromatic rings. The summed E-state index contributed by atoms with van der Waals surface area (Å²) in [5.74, 6) is -0.0641. The molecule has 4 heteroatoms. The molecule has 1 unspecified atom stereocenters. The predicted octanol–water partition coefficient (Wildman–Crippen LogP) is 1.81. The van der Waals surface area contributed by atoms with E-state index in [-0.39, 0.29) is 17.6 Å². The van der Waals surface area contributed by atoms with E-state index in [1.54, 1.807) is 7.11 Å². The van der Waals surface area contributed by atoms with Crippen LogP contribution in [0.3, 0.4) is 0 Å². The van der Waals surface area contributed by atoms with E-state index < -0.39 is 0 Å². The summed E-state index contributed by atoms with van der Waals surface area (Å²) in [6, 6.07) is 0. The lowest BCUT2D eigenvalue weighted by Gasteiger charge is -2.50. The Bertz CT molecular complexity index is 522. The lowest BCUT2D eigenvalue weighted by molar-refractivity contribution is -0.143. The van der Waals surface area contributed by atoms with Gasteiger partial charge in [-0.1, -0.05) is 6.08 Å². The molecule has 1 spiro atoms. The summed E-state index contributed by atoms with van der Waals surface area (Å²) >= 11 is 0. The predicted molar refractivity (Wildman–Crippen MR) is 74.3 cm³/mol. The number of cyclic esters (lactones) is 1. The maximum absolute atomic E-state index is 11.8.